The molecule has 0 saturated carbocycles. The number of amides is 1. The van der Waals surface area contributed by atoms with Crippen LogP contribution in [0.25, 0.3) is 11.0 Å². The van der Waals surface area contributed by atoms with Crippen molar-refractivity contribution in [2.24, 2.45) is 0 Å². The van der Waals surface area contributed by atoms with Gasteiger partial charge in [-0.3, -0.25) is 14.2 Å². The molecule has 2 aliphatic rings. The molecule has 2 saturated heterocycles. The Labute approximate surface area is 302 Å². The Balaban J connectivity index is 1.17. The van der Waals surface area contributed by atoms with Gasteiger partial charge in [-0.25, -0.2) is 4.79 Å². The number of hydrogen-bond donors (Lipinski definition) is 3. The number of carbonyl (C=O) groups is 2. The highest BCUT2D eigenvalue weighted by Gasteiger charge is 2.43. The Hall–Kier alpha value is -5.07. The van der Waals surface area contributed by atoms with E-state index in [1.54, 1.807) is 6.07 Å². The molecule has 1 amide bonds. The largest absolute Gasteiger partial charge is 0.453 e. The van der Waals surface area contributed by atoms with Crippen LogP contribution in [0.15, 0.2) is 108 Å². The van der Waals surface area contributed by atoms with Crippen molar-refractivity contribution in [1.29, 1.82) is 0 Å². The lowest BCUT2D eigenvalue weighted by Crippen LogP contribution is -2.47. The summed E-state index contributed by atoms with van der Waals surface area (Å²) in [4.78, 5) is 42.6. The number of nitrogens with zero attached hydrogens (tertiary/aromatic N) is 2. The number of nitrogens with one attached hydrogen (secondary N) is 2. The van der Waals surface area contributed by atoms with E-state index in [1.165, 1.54) is 13.8 Å². The van der Waals surface area contributed by atoms with Crippen LogP contribution in [0.4, 0.5) is 5.69 Å². The maximum absolute atomic E-state index is 13.0. The lowest BCUT2D eigenvalue weighted by Gasteiger charge is -2.45. The Morgan fingerprint density at radius 3 is 2.35 bits per heavy atom. The number of aromatic amines is 1. The van der Waals surface area contributed by atoms with Crippen molar-refractivity contribution >= 4 is 28.6 Å². The molecule has 11 nitrogen and oxygen atoms in total. The molecule has 52 heavy (non-hydrogen) atoms. The summed E-state index contributed by atoms with van der Waals surface area (Å²) in [5, 5.41) is 12.6. The molecule has 5 aromatic rings. The number of benzene rings is 4. The minimum absolute atomic E-state index is 0.0580. The van der Waals surface area contributed by atoms with E-state index in [0.29, 0.717) is 12.2 Å². The minimum atomic E-state index is -0.954. The molecule has 1 aromatic heterocycles. The lowest BCUT2D eigenvalue weighted by molar-refractivity contribution is -0.264. The van der Waals surface area contributed by atoms with Gasteiger partial charge in [-0.15, -0.1) is 0 Å². The fourth-order valence-electron chi connectivity index (χ4n) is 7.53. The van der Waals surface area contributed by atoms with E-state index in [1.807, 2.05) is 89.5 Å². The number of aromatic nitrogens is 2. The molecular weight excluding hydrogens is 660 g/mol. The van der Waals surface area contributed by atoms with Crippen molar-refractivity contribution in [3.05, 3.63) is 136 Å². The maximum Gasteiger partial charge on any atom is 0.326 e. The van der Waals surface area contributed by atoms with Gasteiger partial charge in [-0.05, 0) is 60.7 Å². The number of ether oxygens (including phenoxy) is 3. The van der Waals surface area contributed by atoms with Gasteiger partial charge >= 0.3 is 11.7 Å². The highest BCUT2D eigenvalue weighted by atomic mass is 16.7. The summed E-state index contributed by atoms with van der Waals surface area (Å²) in [6.45, 7) is 4.95. The number of aliphatic hydroxyl groups is 1. The number of hydrogen-bond acceptors (Lipinski definition) is 8. The van der Waals surface area contributed by atoms with Gasteiger partial charge in [-0.1, -0.05) is 78.9 Å². The first-order chi connectivity index (χ1) is 25.3. The molecule has 0 bridgehead atoms. The molecule has 3 heterocycles. The number of rotatable bonds is 10. The first-order valence-electron chi connectivity index (χ1n) is 17.8. The van der Waals surface area contributed by atoms with Crippen LogP contribution in [0.3, 0.4) is 0 Å². The summed E-state index contributed by atoms with van der Waals surface area (Å²) in [7, 11) is 0. The van der Waals surface area contributed by atoms with Crippen molar-refractivity contribution in [3.8, 4) is 0 Å². The number of anilines is 1. The first-order valence-corrected chi connectivity index (χ1v) is 17.8. The zero-order chi connectivity index (χ0) is 36.2. The minimum Gasteiger partial charge on any atom is -0.453 e. The lowest BCUT2D eigenvalue weighted by atomic mass is 9.83. The van der Waals surface area contributed by atoms with Gasteiger partial charge < -0.3 is 34.5 Å². The van der Waals surface area contributed by atoms with Crippen molar-refractivity contribution in [1.82, 2.24) is 14.5 Å². The van der Waals surface area contributed by atoms with Crippen LogP contribution in [0.5, 0.6) is 0 Å². The topological polar surface area (TPSA) is 135 Å². The number of para-hydroxylation sites is 2. The molecular formula is C41H44N4O7. The van der Waals surface area contributed by atoms with E-state index in [-0.39, 0.29) is 30.4 Å². The van der Waals surface area contributed by atoms with Crippen molar-refractivity contribution < 1.29 is 28.9 Å². The molecule has 0 aliphatic carbocycles. The highest BCUT2D eigenvalue weighted by Crippen LogP contribution is 2.47. The third kappa shape index (κ3) is 7.73. The zero-order valence-electron chi connectivity index (χ0n) is 29.3. The predicted octanol–water partition coefficient (Wildman–Crippen LogP) is 5.99. The molecule has 3 N–H and O–H groups in total. The van der Waals surface area contributed by atoms with Crippen molar-refractivity contribution in [3.63, 3.8) is 0 Å². The monoisotopic (exact) mass is 704 g/mol. The maximum atomic E-state index is 13.0. The number of esters is 1. The number of piperidine rings is 1. The fourth-order valence-corrected chi connectivity index (χ4v) is 7.53. The molecule has 0 radical (unpaired) electrons. The third-order valence-electron chi connectivity index (χ3n) is 10.1. The van der Waals surface area contributed by atoms with Gasteiger partial charge in [0.15, 0.2) is 12.4 Å². The average Bonchev–Trinajstić information content (AvgIpc) is 3.50. The molecule has 4 aromatic carbocycles. The highest BCUT2D eigenvalue weighted by molar-refractivity contribution is 5.95. The standard InChI is InChI=1S/C41H44N4O7/c1-26(50-27(2)47)39(48)42-32-12-8-11-31(23-32)40-51-36(24-44-21-19-33(20-22-44)45-35-14-7-6-13-34(35)43-41(45)49)37(29-9-4-3-5-10-29)38(52-40)30-17-15-28(25-46)16-18-30/h3-18,23,26,33,36-38,40,46H,19-22,24-25H2,1-2H3,(H,42,48)(H,43,49)/t26-,36+,37+,38-,40?/m0/s1. The normalized spacial score (nSPS) is 21.8. The van der Waals surface area contributed by atoms with E-state index >= 15 is 0 Å². The molecule has 7 rings (SSSR count). The molecule has 11 heteroatoms. The number of carbonyl (C=O) groups excluding carboxylic acids is 2. The number of fused-ring (bicyclic) bond motifs is 1. The van der Waals surface area contributed by atoms with Crippen LogP contribution < -0.4 is 11.0 Å². The Kier molecular flexibility index (Phi) is 10.6. The first kappa shape index (κ1) is 35.3. The second-order valence-electron chi connectivity index (χ2n) is 13.6. The Bertz CT molecular complexity index is 2050. The van der Waals surface area contributed by atoms with Crippen LogP contribution in [0.2, 0.25) is 0 Å². The van der Waals surface area contributed by atoms with Gasteiger partial charge in [0.2, 0.25) is 0 Å². The van der Waals surface area contributed by atoms with Gasteiger partial charge in [0.05, 0.1) is 29.8 Å². The second-order valence-corrected chi connectivity index (χ2v) is 13.6. The van der Waals surface area contributed by atoms with Gasteiger partial charge in [0, 0.05) is 49.8 Å². The Morgan fingerprint density at radius 1 is 0.904 bits per heavy atom. The van der Waals surface area contributed by atoms with Crippen molar-refractivity contribution in [2.45, 2.75) is 69.9 Å². The summed E-state index contributed by atoms with van der Waals surface area (Å²) in [6, 6.07) is 33.3. The van der Waals surface area contributed by atoms with E-state index < -0.39 is 30.4 Å². The van der Waals surface area contributed by atoms with Crippen LogP contribution in [-0.2, 0) is 30.4 Å². The Morgan fingerprint density at radius 2 is 1.62 bits per heavy atom. The van der Waals surface area contributed by atoms with Crippen LogP contribution in [-0.4, -0.2) is 63.3 Å². The van der Waals surface area contributed by atoms with Gasteiger partial charge in [0.25, 0.3) is 5.91 Å². The van der Waals surface area contributed by atoms with Crippen molar-refractivity contribution in [2.75, 3.05) is 25.0 Å². The van der Waals surface area contributed by atoms with Crippen LogP contribution in [0, 0.1) is 0 Å². The SMILES string of the molecule is CC(=O)O[C@@H](C)C(=O)Nc1cccc(C2O[C@H](CN3CCC(n4c(=O)[nH]c5ccccc54)CC3)[C@@H](c3ccccc3)[C@H](c3ccc(CO)cc3)O2)c1. The molecule has 2 aliphatic heterocycles. The summed E-state index contributed by atoms with van der Waals surface area (Å²) in [6.07, 6.45) is -0.767. The summed E-state index contributed by atoms with van der Waals surface area (Å²) < 4.78 is 20.8. The van der Waals surface area contributed by atoms with E-state index in [0.717, 1.165) is 59.2 Å². The van der Waals surface area contributed by atoms with E-state index in [4.69, 9.17) is 14.2 Å². The van der Waals surface area contributed by atoms with E-state index in [2.05, 4.69) is 27.3 Å². The summed E-state index contributed by atoms with van der Waals surface area (Å²) in [5.74, 6) is -1.15. The zero-order valence-corrected chi connectivity index (χ0v) is 29.3. The van der Waals surface area contributed by atoms with Gasteiger partial charge in [0.1, 0.15) is 0 Å². The second kappa shape index (κ2) is 15.7. The van der Waals surface area contributed by atoms with Gasteiger partial charge in [-0.2, -0.15) is 0 Å². The smallest absolute Gasteiger partial charge is 0.326 e. The molecule has 0 spiro atoms. The van der Waals surface area contributed by atoms with Crippen LogP contribution in [0.1, 0.15) is 73.3 Å². The summed E-state index contributed by atoms with van der Waals surface area (Å²) >= 11 is 0. The number of aliphatic hydroxyl groups excluding tert-OH is 1. The molecule has 270 valence electrons. The molecule has 2 fully saturated rings. The third-order valence-corrected chi connectivity index (χ3v) is 10.1. The fraction of sp³-hybridized carbons (Fsp3) is 0.341. The number of imidazole rings is 1. The van der Waals surface area contributed by atoms with E-state index in [9.17, 15) is 19.5 Å². The molecule has 1 unspecified atom stereocenters. The average molecular weight is 705 g/mol. The van der Waals surface area contributed by atoms with Crippen LogP contribution >= 0.6 is 0 Å². The number of H-pyrrole nitrogens is 1. The quantitative estimate of drug-likeness (QED) is 0.151. The number of likely N-dealkylation sites (tertiary alicyclic amines) is 1. The predicted molar refractivity (Wildman–Crippen MR) is 197 cm³/mol. The summed E-state index contributed by atoms with van der Waals surface area (Å²) in [5.41, 5.74) is 5.81. The molecule has 5 atom stereocenters.